The monoisotopic (exact) mass is 313 g/mol. The Morgan fingerprint density at radius 3 is 2.54 bits per heavy atom. The van der Waals surface area contributed by atoms with Crippen LogP contribution in [-0.2, 0) is 5.41 Å². The Hall–Kier alpha value is -2.74. The Morgan fingerprint density at radius 1 is 0.958 bits per heavy atom. The number of para-hydroxylation sites is 2. The van der Waals surface area contributed by atoms with Crippen LogP contribution in [0.3, 0.4) is 0 Å². The van der Waals surface area contributed by atoms with Crippen molar-refractivity contribution in [2.24, 2.45) is 0 Å². The Morgan fingerprint density at radius 2 is 1.71 bits per heavy atom. The first-order chi connectivity index (χ1) is 11.6. The van der Waals surface area contributed by atoms with Crippen molar-refractivity contribution in [3.63, 3.8) is 0 Å². The molecule has 0 saturated heterocycles. The molecule has 2 heteroatoms. The molecule has 1 aromatic heterocycles. The summed E-state index contributed by atoms with van der Waals surface area (Å²) >= 11 is 0. The molecule has 4 rings (SSSR count). The van der Waals surface area contributed by atoms with Crippen LogP contribution in [0.1, 0.15) is 25.0 Å². The molecule has 0 unspecified atom stereocenters. The quantitative estimate of drug-likeness (QED) is 0.611. The number of pyridine rings is 1. The highest BCUT2D eigenvalue weighted by molar-refractivity contribution is 6.05. The largest absolute Gasteiger partial charge is 0.256 e. The summed E-state index contributed by atoms with van der Waals surface area (Å²) in [6, 6.07) is 19.1. The molecule has 2 heterocycles. The maximum Gasteiger partial charge on any atom is 0.209 e. The molecule has 0 bridgehead atoms. The molecule has 0 saturated carbocycles. The van der Waals surface area contributed by atoms with E-state index in [-0.39, 0.29) is 5.41 Å². The zero-order valence-electron chi connectivity index (χ0n) is 14.3. The molecule has 2 nitrogen and oxygen atoms in total. The van der Waals surface area contributed by atoms with E-state index < -0.39 is 0 Å². The summed E-state index contributed by atoms with van der Waals surface area (Å²) in [6.07, 6.45) is 6.33. The molecule has 0 atom stereocenters. The number of aromatic nitrogens is 1. The molecule has 1 aliphatic heterocycles. The van der Waals surface area contributed by atoms with Crippen molar-refractivity contribution in [3.05, 3.63) is 78.0 Å². The van der Waals surface area contributed by atoms with Crippen molar-refractivity contribution < 1.29 is 4.58 Å². The molecular weight excluding hydrogens is 292 g/mol. The van der Waals surface area contributed by atoms with Gasteiger partial charge >= 0.3 is 0 Å². The Labute approximate surface area is 142 Å². The van der Waals surface area contributed by atoms with E-state index >= 15 is 0 Å². The molecule has 24 heavy (non-hydrogen) atoms. The van der Waals surface area contributed by atoms with Gasteiger partial charge in [0.05, 0.1) is 10.9 Å². The van der Waals surface area contributed by atoms with E-state index in [2.05, 4.69) is 85.1 Å². The summed E-state index contributed by atoms with van der Waals surface area (Å²) in [5, 5.41) is 1.17. The summed E-state index contributed by atoms with van der Waals surface area (Å²) in [5.41, 5.74) is 6.14. The highest BCUT2D eigenvalue weighted by Crippen LogP contribution is 2.39. The van der Waals surface area contributed by atoms with Crippen molar-refractivity contribution in [2.45, 2.75) is 19.3 Å². The number of hydrogen-bond donors (Lipinski definition) is 0. The van der Waals surface area contributed by atoms with Crippen LogP contribution in [0.4, 0.5) is 5.69 Å². The third kappa shape index (κ3) is 2.26. The van der Waals surface area contributed by atoms with Crippen LogP contribution in [0.15, 0.2) is 66.9 Å². The molecular formula is C22H21N2+. The van der Waals surface area contributed by atoms with Gasteiger partial charge in [-0.3, -0.25) is 4.98 Å². The van der Waals surface area contributed by atoms with Gasteiger partial charge in [0.2, 0.25) is 5.69 Å². The van der Waals surface area contributed by atoms with Gasteiger partial charge < -0.3 is 0 Å². The molecule has 0 spiro atoms. The van der Waals surface area contributed by atoms with E-state index in [1.54, 1.807) is 0 Å². The average Bonchev–Trinajstić information content (AvgIpc) is 2.80. The second-order valence-electron chi connectivity index (χ2n) is 6.88. The fraction of sp³-hybridized carbons (Fsp3) is 0.182. The second-order valence-corrected chi connectivity index (χ2v) is 6.88. The molecule has 0 N–H and O–H groups in total. The summed E-state index contributed by atoms with van der Waals surface area (Å²) in [7, 11) is 2.14. The Balaban J connectivity index is 1.74. The van der Waals surface area contributed by atoms with Gasteiger partial charge in [0, 0.05) is 29.3 Å². The average molecular weight is 313 g/mol. The topological polar surface area (TPSA) is 15.9 Å². The molecule has 0 radical (unpaired) electrons. The standard InChI is InChI=1S/C22H21N2/c1-22(2)18-9-5-7-11-20(18)24(3)21(22)13-12-16-14-17-8-4-6-10-19(17)23-15-16/h4-15H,1-3H3/q+1. The van der Waals surface area contributed by atoms with Gasteiger partial charge in [0.15, 0.2) is 5.71 Å². The van der Waals surface area contributed by atoms with E-state index in [9.17, 15) is 0 Å². The number of fused-ring (bicyclic) bond motifs is 2. The lowest BCUT2D eigenvalue weighted by molar-refractivity contribution is -0.401. The Bertz CT molecular complexity index is 994. The summed E-state index contributed by atoms with van der Waals surface area (Å²) in [5.74, 6) is 0. The van der Waals surface area contributed by atoms with Gasteiger partial charge in [-0.2, -0.15) is 4.58 Å². The van der Waals surface area contributed by atoms with Crippen LogP contribution >= 0.6 is 0 Å². The fourth-order valence-corrected chi connectivity index (χ4v) is 3.66. The number of benzene rings is 2. The van der Waals surface area contributed by atoms with Crippen LogP contribution in [-0.4, -0.2) is 22.3 Å². The van der Waals surface area contributed by atoms with E-state index in [4.69, 9.17) is 0 Å². The van der Waals surface area contributed by atoms with E-state index in [0.717, 1.165) is 11.1 Å². The van der Waals surface area contributed by atoms with Gasteiger partial charge in [-0.15, -0.1) is 0 Å². The lowest BCUT2D eigenvalue weighted by Gasteiger charge is -2.15. The van der Waals surface area contributed by atoms with Gasteiger partial charge in [-0.1, -0.05) is 36.4 Å². The molecule has 0 aliphatic carbocycles. The second kappa shape index (κ2) is 5.41. The van der Waals surface area contributed by atoms with Gasteiger partial charge in [-0.05, 0) is 37.6 Å². The van der Waals surface area contributed by atoms with Crippen LogP contribution < -0.4 is 0 Å². The number of rotatable bonds is 2. The summed E-state index contributed by atoms with van der Waals surface area (Å²) < 4.78 is 2.29. The zero-order chi connectivity index (χ0) is 16.7. The third-order valence-corrected chi connectivity index (χ3v) is 4.99. The molecule has 0 amide bonds. The predicted molar refractivity (Wildman–Crippen MR) is 101 cm³/mol. The Kier molecular flexibility index (Phi) is 3.34. The van der Waals surface area contributed by atoms with E-state index in [1.165, 1.54) is 22.3 Å². The molecule has 0 fully saturated rings. The minimum absolute atomic E-state index is 0.00607. The third-order valence-electron chi connectivity index (χ3n) is 4.99. The van der Waals surface area contributed by atoms with E-state index in [1.807, 2.05) is 18.3 Å². The number of nitrogens with zero attached hydrogens (tertiary/aromatic N) is 2. The van der Waals surface area contributed by atoms with Crippen molar-refractivity contribution in [1.82, 2.24) is 4.98 Å². The minimum Gasteiger partial charge on any atom is -0.256 e. The summed E-state index contributed by atoms with van der Waals surface area (Å²) in [6.45, 7) is 4.57. The lowest BCUT2D eigenvalue weighted by Crippen LogP contribution is -2.26. The lowest BCUT2D eigenvalue weighted by atomic mass is 9.81. The maximum atomic E-state index is 4.55. The number of hydrogen-bond acceptors (Lipinski definition) is 1. The maximum absolute atomic E-state index is 4.55. The zero-order valence-corrected chi connectivity index (χ0v) is 14.3. The van der Waals surface area contributed by atoms with Crippen LogP contribution in [0.5, 0.6) is 0 Å². The fourth-order valence-electron chi connectivity index (χ4n) is 3.66. The van der Waals surface area contributed by atoms with Crippen molar-refractivity contribution in [2.75, 3.05) is 7.05 Å². The molecule has 2 aromatic carbocycles. The van der Waals surface area contributed by atoms with E-state index in [0.29, 0.717) is 0 Å². The molecule has 118 valence electrons. The highest BCUT2D eigenvalue weighted by atomic mass is 15.0. The van der Waals surface area contributed by atoms with Crippen LogP contribution in [0.2, 0.25) is 0 Å². The minimum atomic E-state index is 0.00607. The normalized spacial score (nSPS) is 16.1. The van der Waals surface area contributed by atoms with Crippen molar-refractivity contribution in [1.29, 1.82) is 0 Å². The number of allylic oxidation sites excluding steroid dienone is 1. The molecule has 3 aromatic rings. The molecule has 1 aliphatic rings. The van der Waals surface area contributed by atoms with Crippen LogP contribution in [0.25, 0.3) is 17.0 Å². The van der Waals surface area contributed by atoms with Crippen molar-refractivity contribution in [3.8, 4) is 0 Å². The first-order valence-electron chi connectivity index (χ1n) is 8.31. The first kappa shape index (κ1) is 14.8. The SMILES string of the molecule is C[N+]1=C(/C=C/c2cnc3ccccc3c2)C(C)(C)c2ccccc21. The van der Waals surface area contributed by atoms with Gasteiger partial charge in [-0.25, -0.2) is 0 Å². The highest BCUT2D eigenvalue weighted by Gasteiger charge is 2.42. The summed E-state index contributed by atoms with van der Waals surface area (Å²) in [4.78, 5) is 4.55. The van der Waals surface area contributed by atoms with Gasteiger partial charge in [0.25, 0.3) is 0 Å². The first-order valence-corrected chi connectivity index (χ1v) is 8.31. The van der Waals surface area contributed by atoms with Gasteiger partial charge in [0.1, 0.15) is 7.05 Å². The predicted octanol–water partition coefficient (Wildman–Crippen LogP) is 4.95. The smallest absolute Gasteiger partial charge is 0.209 e. The van der Waals surface area contributed by atoms with Crippen LogP contribution in [0, 0.1) is 0 Å². The van der Waals surface area contributed by atoms with Crippen molar-refractivity contribution >= 4 is 28.4 Å².